The second-order valence-electron chi connectivity index (χ2n) is 7.05. The van der Waals surface area contributed by atoms with E-state index in [1.54, 1.807) is 13.0 Å². The van der Waals surface area contributed by atoms with Crippen LogP contribution in [-0.4, -0.2) is 13.0 Å². The lowest BCUT2D eigenvalue weighted by molar-refractivity contribution is 0.309. The zero-order chi connectivity index (χ0) is 18.2. The van der Waals surface area contributed by atoms with Crippen LogP contribution in [0.4, 0.5) is 0 Å². The van der Waals surface area contributed by atoms with E-state index in [0.717, 1.165) is 19.3 Å². The second kappa shape index (κ2) is 9.57. The molecule has 1 aromatic carbocycles. The molecular formula is C20H34O3S. The van der Waals surface area contributed by atoms with E-state index in [4.69, 9.17) is 0 Å². The van der Waals surface area contributed by atoms with Crippen molar-refractivity contribution in [1.29, 1.82) is 0 Å². The van der Waals surface area contributed by atoms with Crippen LogP contribution < -0.4 is 0 Å². The number of hydrogen-bond donors (Lipinski definition) is 1. The van der Waals surface area contributed by atoms with E-state index in [1.807, 2.05) is 12.1 Å². The Morgan fingerprint density at radius 3 is 1.71 bits per heavy atom. The topological polar surface area (TPSA) is 54.4 Å². The maximum absolute atomic E-state index is 11.5. The molecule has 1 aromatic rings. The van der Waals surface area contributed by atoms with Crippen LogP contribution in [0, 0.1) is 6.92 Å². The number of benzene rings is 1. The van der Waals surface area contributed by atoms with Crippen molar-refractivity contribution in [1.82, 2.24) is 0 Å². The minimum Gasteiger partial charge on any atom is -0.282 e. The summed E-state index contributed by atoms with van der Waals surface area (Å²) in [5.74, 6) is 0. The summed E-state index contributed by atoms with van der Waals surface area (Å²) in [7, 11) is -4.15. The van der Waals surface area contributed by atoms with Crippen molar-refractivity contribution in [2.24, 2.45) is 0 Å². The van der Waals surface area contributed by atoms with E-state index < -0.39 is 10.1 Å². The summed E-state index contributed by atoms with van der Waals surface area (Å²) in [5, 5.41) is 0. The summed E-state index contributed by atoms with van der Waals surface area (Å²) in [4.78, 5) is 0.0293. The van der Waals surface area contributed by atoms with Gasteiger partial charge in [0.05, 0.1) is 4.90 Å². The fraction of sp³-hybridized carbons (Fsp3) is 0.700. The van der Waals surface area contributed by atoms with Crippen LogP contribution in [0.1, 0.15) is 89.7 Å². The van der Waals surface area contributed by atoms with E-state index in [2.05, 4.69) is 20.8 Å². The van der Waals surface area contributed by atoms with Crippen LogP contribution in [0.3, 0.4) is 0 Å². The molecule has 0 unspecified atom stereocenters. The molecule has 0 saturated carbocycles. The van der Waals surface area contributed by atoms with Gasteiger partial charge in [-0.2, -0.15) is 8.42 Å². The first-order chi connectivity index (χ1) is 11.3. The van der Waals surface area contributed by atoms with E-state index >= 15 is 0 Å². The van der Waals surface area contributed by atoms with E-state index in [1.165, 1.54) is 44.1 Å². The molecule has 1 N–H and O–H groups in total. The molecule has 0 heterocycles. The van der Waals surface area contributed by atoms with Gasteiger partial charge in [-0.3, -0.25) is 4.55 Å². The SMILES string of the molecule is CCCCC(CCCC)(CCCC)c1ccc(S(=O)(=O)O)c(C)c1. The van der Waals surface area contributed by atoms with Gasteiger partial charge in [-0.15, -0.1) is 0 Å². The maximum Gasteiger partial charge on any atom is 0.294 e. The minimum atomic E-state index is -4.15. The molecule has 0 aliphatic carbocycles. The van der Waals surface area contributed by atoms with Crippen molar-refractivity contribution in [2.45, 2.75) is 95.8 Å². The Bertz CT molecular complexity index is 584. The minimum absolute atomic E-state index is 0.0293. The number of aryl methyl sites for hydroxylation is 1. The van der Waals surface area contributed by atoms with Crippen molar-refractivity contribution in [3.8, 4) is 0 Å². The Hall–Kier alpha value is -0.870. The van der Waals surface area contributed by atoms with Gasteiger partial charge in [0.1, 0.15) is 0 Å². The average molecular weight is 355 g/mol. The zero-order valence-corrected chi connectivity index (χ0v) is 16.6. The third-order valence-corrected chi connectivity index (χ3v) is 6.11. The van der Waals surface area contributed by atoms with Crippen molar-refractivity contribution < 1.29 is 13.0 Å². The molecule has 0 aliphatic heterocycles. The van der Waals surface area contributed by atoms with Gasteiger partial charge < -0.3 is 0 Å². The Kier molecular flexibility index (Phi) is 8.44. The summed E-state index contributed by atoms with van der Waals surface area (Å²) in [6.07, 6.45) is 10.5. The highest BCUT2D eigenvalue weighted by Gasteiger charge is 2.31. The van der Waals surface area contributed by atoms with Crippen LogP contribution in [0.2, 0.25) is 0 Å². The summed E-state index contributed by atoms with van der Waals surface area (Å²) in [5.41, 5.74) is 2.01. The molecule has 3 nitrogen and oxygen atoms in total. The average Bonchev–Trinajstić information content (AvgIpc) is 2.53. The first-order valence-corrected chi connectivity index (χ1v) is 10.8. The lowest BCUT2D eigenvalue weighted by atomic mass is 9.69. The first kappa shape index (κ1) is 21.2. The van der Waals surface area contributed by atoms with Crippen molar-refractivity contribution in [3.05, 3.63) is 29.3 Å². The molecule has 0 amide bonds. The summed E-state index contributed by atoms with van der Waals surface area (Å²) in [6.45, 7) is 8.43. The third-order valence-electron chi connectivity index (χ3n) is 5.09. The molecule has 0 aromatic heterocycles. The molecular weight excluding hydrogens is 320 g/mol. The van der Waals surface area contributed by atoms with Crippen molar-refractivity contribution >= 4 is 10.1 Å². The molecule has 24 heavy (non-hydrogen) atoms. The molecule has 0 fully saturated rings. The predicted octanol–water partition coefficient (Wildman–Crippen LogP) is 6.05. The largest absolute Gasteiger partial charge is 0.294 e. The molecule has 0 spiro atoms. The number of hydrogen-bond acceptors (Lipinski definition) is 2. The van der Waals surface area contributed by atoms with Gasteiger partial charge in [-0.25, -0.2) is 0 Å². The van der Waals surface area contributed by atoms with Crippen LogP contribution >= 0.6 is 0 Å². The van der Waals surface area contributed by atoms with Gasteiger partial charge in [-0.1, -0.05) is 71.4 Å². The Balaban J connectivity index is 3.31. The number of unbranched alkanes of at least 4 members (excludes halogenated alkanes) is 3. The van der Waals surface area contributed by atoms with Gasteiger partial charge in [0.2, 0.25) is 0 Å². The zero-order valence-electron chi connectivity index (χ0n) is 15.8. The summed E-state index contributed by atoms with van der Waals surface area (Å²) >= 11 is 0. The predicted molar refractivity (Wildman–Crippen MR) is 101 cm³/mol. The highest BCUT2D eigenvalue weighted by atomic mass is 32.2. The monoisotopic (exact) mass is 354 g/mol. The van der Waals surface area contributed by atoms with Gasteiger partial charge in [0.15, 0.2) is 0 Å². The molecule has 1 rings (SSSR count). The van der Waals surface area contributed by atoms with E-state index in [9.17, 15) is 13.0 Å². The van der Waals surface area contributed by atoms with Crippen molar-refractivity contribution in [2.75, 3.05) is 0 Å². The lowest BCUT2D eigenvalue weighted by Gasteiger charge is -2.35. The molecule has 0 atom stereocenters. The third kappa shape index (κ3) is 5.59. The van der Waals surface area contributed by atoms with Gasteiger partial charge in [0.25, 0.3) is 10.1 Å². The second-order valence-corrected chi connectivity index (χ2v) is 8.44. The summed E-state index contributed by atoms with van der Waals surface area (Å²) < 4.78 is 32.3. The molecule has 0 bridgehead atoms. The first-order valence-electron chi connectivity index (χ1n) is 9.39. The fourth-order valence-corrected chi connectivity index (χ4v) is 4.33. The maximum atomic E-state index is 11.5. The van der Waals surface area contributed by atoms with Crippen molar-refractivity contribution in [3.63, 3.8) is 0 Å². The Morgan fingerprint density at radius 2 is 1.38 bits per heavy atom. The lowest BCUT2D eigenvalue weighted by Crippen LogP contribution is -2.27. The van der Waals surface area contributed by atoms with Crippen LogP contribution in [0.5, 0.6) is 0 Å². The summed E-state index contributed by atoms with van der Waals surface area (Å²) in [6, 6.07) is 5.50. The fourth-order valence-electron chi connectivity index (χ4n) is 3.62. The normalized spacial score (nSPS) is 12.5. The standard InChI is InChI=1S/C20H34O3S/c1-5-8-13-20(14-9-6-2,15-10-7-3)18-11-12-19(17(4)16-18)24(21,22)23/h11-12,16H,5-10,13-15H2,1-4H3,(H,21,22,23). The quantitative estimate of drug-likeness (QED) is 0.492. The van der Waals surface area contributed by atoms with Crippen LogP contribution in [0.15, 0.2) is 23.1 Å². The van der Waals surface area contributed by atoms with Crippen LogP contribution in [0.25, 0.3) is 0 Å². The highest BCUT2D eigenvalue weighted by molar-refractivity contribution is 7.85. The molecule has 0 aliphatic rings. The number of rotatable bonds is 11. The van der Waals surface area contributed by atoms with Crippen LogP contribution in [-0.2, 0) is 15.5 Å². The van der Waals surface area contributed by atoms with E-state index in [0.29, 0.717) is 5.56 Å². The molecule has 0 radical (unpaired) electrons. The highest BCUT2D eigenvalue weighted by Crippen LogP contribution is 2.41. The van der Waals surface area contributed by atoms with Gasteiger partial charge in [0, 0.05) is 0 Å². The smallest absolute Gasteiger partial charge is 0.282 e. The van der Waals surface area contributed by atoms with E-state index in [-0.39, 0.29) is 10.3 Å². The van der Waals surface area contributed by atoms with Gasteiger partial charge in [-0.05, 0) is 48.8 Å². The Labute approximate surface area is 148 Å². The molecule has 0 saturated heterocycles. The van der Waals surface area contributed by atoms with Gasteiger partial charge >= 0.3 is 0 Å². The molecule has 4 heteroatoms. The molecule has 138 valence electrons. The Morgan fingerprint density at radius 1 is 0.917 bits per heavy atom.